The predicted molar refractivity (Wildman–Crippen MR) is 61.1 cm³/mol. The zero-order valence-corrected chi connectivity index (χ0v) is 9.93. The first-order chi connectivity index (χ1) is 7.27. The van der Waals surface area contributed by atoms with Gasteiger partial charge in [-0.15, -0.1) is 0 Å². The van der Waals surface area contributed by atoms with E-state index in [9.17, 15) is 4.79 Å². The molecule has 0 radical (unpaired) electrons. The summed E-state index contributed by atoms with van der Waals surface area (Å²) in [6, 6.07) is 1.74. The van der Waals surface area contributed by atoms with E-state index in [1.165, 1.54) is 26.2 Å². The molecule has 1 heterocycles. The van der Waals surface area contributed by atoms with E-state index in [0.29, 0.717) is 5.56 Å². The average Bonchev–Trinajstić information content (AvgIpc) is 2.72. The Morgan fingerprint density at radius 3 is 3.07 bits per heavy atom. The molecule has 0 saturated carbocycles. The molecule has 84 valence electrons. The molecule has 0 unspecified atom stereocenters. The molecule has 15 heavy (non-hydrogen) atoms. The maximum atomic E-state index is 11.1. The first-order valence-corrected chi connectivity index (χ1v) is 6.17. The molecule has 4 heteroatoms. The molecule has 1 aromatic heterocycles. The Kier molecular flexibility index (Phi) is 5.32. The van der Waals surface area contributed by atoms with Gasteiger partial charge in [-0.3, -0.25) is 0 Å². The second kappa shape index (κ2) is 6.56. The van der Waals surface area contributed by atoms with Gasteiger partial charge in [-0.25, -0.2) is 4.79 Å². The highest BCUT2D eigenvalue weighted by molar-refractivity contribution is 7.98. The normalized spacial score (nSPS) is 10.3. The topological polar surface area (TPSA) is 39.4 Å². The fourth-order valence-electron chi connectivity index (χ4n) is 1.10. The van der Waals surface area contributed by atoms with Crippen LogP contribution in [0.25, 0.3) is 0 Å². The second-order valence-electron chi connectivity index (χ2n) is 3.20. The minimum absolute atomic E-state index is 0.344. The van der Waals surface area contributed by atoms with E-state index < -0.39 is 0 Å². The minimum Gasteiger partial charge on any atom is -0.468 e. The summed E-state index contributed by atoms with van der Waals surface area (Å²) in [5.74, 6) is 2.43. The quantitative estimate of drug-likeness (QED) is 0.554. The van der Waals surface area contributed by atoms with Crippen LogP contribution < -0.4 is 0 Å². The molecule has 0 aliphatic heterocycles. The summed E-state index contributed by atoms with van der Waals surface area (Å²) in [7, 11) is 1.37. The van der Waals surface area contributed by atoms with Crippen molar-refractivity contribution >= 4 is 17.7 Å². The van der Waals surface area contributed by atoms with Gasteiger partial charge in [0.05, 0.1) is 18.4 Å². The van der Waals surface area contributed by atoms with Crippen molar-refractivity contribution in [2.24, 2.45) is 0 Å². The molecule has 0 saturated heterocycles. The number of methoxy groups -OCH3 is 1. The largest absolute Gasteiger partial charge is 0.468 e. The highest BCUT2D eigenvalue weighted by Gasteiger charge is 2.09. The van der Waals surface area contributed by atoms with Crippen LogP contribution in [0, 0.1) is 0 Å². The highest BCUT2D eigenvalue weighted by Crippen LogP contribution is 2.16. The number of hydrogen-bond donors (Lipinski definition) is 0. The van der Waals surface area contributed by atoms with Crippen LogP contribution in [0.15, 0.2) is 16.7 Å². The molecule has 3 nitrogen and oxygen atoms in total. The molecule has 0 amide bonds. The lowest BCUT2D eigenvalue weighted by atomic mass is 10.3. The Bertz CT molecular complexity index is 307. The SMILES string of the molecule is CCCCSCc1cc(C(=O)OC)co1. The summed E-state index contributed by atoms with van der Waals surface area (Å²) in [4.78, 5) is 11.1. The average molecular weight is 228 g/mol. The Balaban J connectivity index is 2.36. The molecule has 1 aromatic rings. The van der Waals surface area contributed by atoms with E-state index >= 15 is 0 Å². The van der Waals surface area contributed by atoms with E-state index in [2.05, 4.69) is 11.7 Å². The molecule has 0 atom stereocenters. The predicted octanol–water partition coefficient (Wildman–Crippen LogP) is 3.10. The summed E-state index contributed by atoms with van der Waals surface area (Å²) in [6.07, 6.45) is 3.87. The summed E-state index contributed by atoms with van der Waals surface area (Å²) < 4.78 is 9.83. The lowest BCUT2D eigenvalue weighted by molar-refractivity contribution is 0.0600. The molecular weight excluding hydrogens is 212 g/mol. The van der Waals surface area contributed by atoms with E-state index in [4.69, 9.17) is 4.42 Å². The van der Waals surface area contributed by atoms with Crippen LogP contribution in [0.5, 0.6) is 0 Å². The number of rotatable bonds is 6. The molecule has 0 bridgehead atoms. The fourth-order valence-corrected chi connectivity index (χ4v) is 2.09. The standard InChI is InChI=1S/C11H16O3S/c1-3-4-5-15-8-10-6-9(7-14-10)11(12)13-2/h6-7H,3-5,8H2,1-2H3. The van der Waals surface area contributed by atoms with Crippen LogP contribution in [0.4, 0.5) is 0 Å². The van der Waals surface area contributed by atoms with Crippen LogP contribution >= 0.6 is 11.8 Å². The van der Waals surface area contributed by atoms with E-state index in [0.717, 1.165) is 17.3 Å². The van der Waals surface area contributed by atoms with Crippen molar-refractivity contribution in [2.75, 3.05) is 12.9 Å². The molecule has 0 aromatic carbocycles. The summed E-state index contributed by atoms with van der Waals surface area (Å²) in [5.41, 5.74) is 0.489. The van der Waals surface area contributed by atoms with Crippen molar-refractivity contribution in [2.45, 2.75) is 25.5 Å². The first kappa shape index (κ1) is 12.2. The van der Waals surface area contributed by atoms with Crippen molar-refractivity contribution < 1.29 is 13.9 Å². The number of carbonyl (C=O) groups is 1. The maximum Gasteiger partial charge on any atom is 0.341 e. The van der Waals surface area contributed by atoms with Gasteiger partial charge in [0, 0.05) is 0 Å². The van der Waals surface area contributed by atoms with Crippen LogP contribution in [0.2, 0.25) is 0 Å². The number of thioether (sulfide) groups is 1. The number of carbonyl (C=O) groups excluding carboxylic acids is 1. The van der Waals surface area contributed by atoms with E-state index in [1.807, 2.05) is 11.8 Å². The minimum atomic E-state index is -0.344. The Labute approximate surface area is 94.2 Å². The van der Waals surface area contributed by atoms with Gasteiger partial charge in [0.1, 0.15) is 12.0 Å². The van der Waals surface area contributed by atoms with Gasteiger partial charge < -0.3 is 9.15 Å². The molecule has 0 aliphatic rings. The van der Waals surface area contributed by atoms with Gasteiger partial charge in [-0.05, 0) is 18.2 Å². The van der Waals surface area contributed by atoms with Gasteiger partial charge in [-0.1, -0.05) is 13.3 Å². The summed E-state index contributed by atoms with van der Waals surface area (Å²) >= 11 is 1.82. The maximum absolute atomic E-state index is 11.1. The van der Waals surface area contributed by atoms with E-state index in [-0.39, 0.29) is 5.97 Å². The van der Waals surface area contributed by atoms with Crippen molar-refractivity contribution in [3.8, 4) is 0 Å². The molecule has 0 aliphatic carbocycles. The van der Waals surface area contributed by atoms with Crippen molar-refractivity contribution in [1.82, 2.24) is 0 Å². The molecule has 0 fully saturated rings. The number of hydrogen-bond acceptors (Lipinski definition) is 4. The molecular formula is C11H16O3S. The Morgan fingerprint density at radius 2 is 2.40 bits per heavy atom. The van der Waals surface area contributed by atoms with Gasteiger partial charge in [0.25, 0.3) is 0 Å². The summed E-state index contributed by atoms with van der Waals surface area (Å²) in [6.45, 7) is 2.17. The zero-order valence-electron chi connectivity index (χ0n) is 9.12. The first-order valence-electron chi connectivity index (χ1n) is 5.01. The third-order valence-corrected chi connectivity index (χ3v) is 3.03. The van der Waals surface area contributed by atoms with Gasteiger partial charge in [-0.2, -0.15) is 11.8 Å². The Morgan fingerprint density at radius 1 is 1.60 bits per heavy atom. The highest BCUT2D eigenvalue weighted by atomic mass is 32.2. The summed E-state index contributed by atoms with van der Waals surface area (Å²) in [5, 5.41) is 0. The van der Waals surface area contributed by atoms with Crippen molar-refractivity contribution in [3.05, 3.63) is 23.7 Å². The van der Waals surface area contributed by atoms with E-state index in [1.54, 1.807) is 6.07 Å². The van der Waals surface area contributed by atoms with Gasteiger partial charge in [0.15, 0.2) is 0 Å². The molecule has 0 N–H and O–H groups in total. The van der Waals surface area contributed by atoms with Crippen molar-refractivity contribution in [3.63, 3.8) is 0 Å². The molecule has 0 spiro atoms. The fraction of sp³-hybridized carbons (Fsp3) is 0.545. The third-order valence-electron chi connectivity index (χ3n) is 1.96. The van der Waals surface area contributed by atoms with Crippen LogP contribution in [0.3, 0.4) is 0 Å². The monoisotopic (exact) mass is 228 g/mol. The number of furan rings is 1. The number of esters is 1. The van der Waals surface area contributed by atoms with Gasteiger partial charge in [0.2, 0.25) is 0 Å². The molecule has 1 rings (SSSR count). The number of unbranched alkanes of at least 4 members (excludes halogenated alkanes) is 1. The lowest BCUT2D eigenvalue weighted by Gasteiger charge is -1.96. The lowest BCUT2D eigenvalue weighted by Crippen LogP contribution is -1.98. The van der Waals surface area contributed by atoms with Crippen LogP contribution in [-0.2, 0) is 10.5 Å². The second-order valence-corrected chi connectivity index (χ2v) is 4.30. The van der Waals surface area contributed by atoms with Crippen LogP contribution in [0.1, 0.15) is 35.9 Å². The van der Waals surface area contributed by atoms with Crippen LogP contribution in [-0.4, -0.2) is 18.8 Å². The third kappa shape index (κ3) is 4.00. The smallest absolute Gasteiger partial charge is 0.341 e. The van der Waals surface area contributed by atoms with Crippen molar-refractivity contribution in [1.29, 1.82) is 0 Å². The van der Waals surface area contributed by atoms with Gasteiger partial charge >= 0.3 is 5.97 Å². The Hall–Kier alpha value is -0.900. The number of ether oxygens (including phenoxy) is 1. The zero-order chi connectivity index (χ0) is 11.1.